The van der Waals surface area contributed by atoms with Gasteiger partial charge in [0, 0.05) is 5.57 Å². The van der Waals surface area contributed by atoms with E-state index in [1.54, 1.807) is 6.92 Å². The Balaban J connectivity index is -0.000000163. The summed E-state index contributed by atoms with van der Waals surface area (Å²) in [5.74, 6) is -1.53. The summed E-state index contributed by atoms with van der Waals surface area (Å²) in [5.41, 5.74) is 0.498. The molecule has 0 fully saturated rings. The summed E-state index contributed by atoms with van der Waals surface area (Å²) in [4.78, 5) is 19.7. The maximum absolute atomic E-state index is 10.2. The van der Waals surface area contributed by atoms with E-state index in [9.17, 15) is 14.7 Å². The first kappa shape index (κ1) is 19.6. The summed E-state index contributed by atoms with van der Waals surface area (Å²) in [6, 6.07) is 0. The number of esters is 1. The topological polar surface area (TPSA) is 66.4 Å². The summed E-state index contributed by atoms with van der Waals surface area (Å²) in [6.45, 7) is 9.43. The molecule has 0 saturated heterocycles. The van der Waals surface area contributed by atoms with Crippen LogP contribution in [0.1, 0.15) is 13.8 Å². The Labute approximate surface area is 126 Å². The predicted molar refractivity (Wildman–Crippen MR) is 46.7 cm³/mol. The maximum atomic E-state index is 10.2. The molecule has 0 aromatic rings. The molecule has 0 rings (SSSR count). The molecule has 0 aliphatic carbocycles. The molecule has 4 nitrogen and oxygen atoms in total. The molecule has 0 amide bonds. The van der Waals surface area contributed by atoms with Gasteiger partial charge in [-0.25, -0.2) is 4.79 Å². The predicted octanol–water partition coefficient (Wildman–Crippen LogP) is -2.95. The van der Waals surface area contributed by atoms with Gasteiger partial charge in [0.25, 0.3) is 0 Å². The second-order valence-corrected chi connectivity index (χ2v) is 2.34. The van der Waals surface area contributed by atoms with E-state index in [-0.39, 0.29) is 62.9 Å². The van der Waals surface area contributed by atoms with Crippen LogP contribution >= 0.6 is 0 Å². The van der Waals surface area contributed by atoms with Crippen molar-refractivity contribution in [3.8, 4) is 0 Å². The smallest absolute Gasteiger partial charge is 0.545 e. The first-order valence-electron chi connectivity index (χ1n) is 3.43. The van der Waals surface area contributed by atoms with Gasteiger partial charge in [-0.1, -0.05) is 13.2 Å². The molecule has 5 heteroatoms. The summed E-state index contributed by atoms with van der Waals surface area (Å²) in [7, 11) is 1.33. The van der Waals surface area contributed by atoms with Crippen LogP contribution in [0.3, 0.4) is 0 Å². The second kappa shape index (κ2) is 11.1. The van der Waals surface area contributed by atoms with E-state index < -0.39 is 5.97 Å². The number of hydrogen-bond acceptors (Lipinski definition) is 4. The summed E-state index contributed by atoms with van der Waals surface area (Å²) in [5, 5.41) is 9.49. The van der Waals surface area contributed by atoms with Crippen LogP contribution in [0.4, 0.5) is 0 Å². The molecular weight excluding hydrogens is 211 g/mol. The number of rotatable bonds is 2. The third kappa shape index (κ3) is 14.6. The largest absolute Gasteiger partial charge is 1.00 e. The van der Waals surface area contributed by atoms with Crippen molar-refractivity contribution in [2.45, 2.75) is 13.8 Å². The van der Waals surface area contributed by atoms with Crippen LogP contribution in [-0.2, 0) is 14.3 Å². The van der Waals surface area contributed by atoms with Gasteiger partial charge in [-0.15, -0.1) is 0 Å². The standard InChI is InChI=1S/C5H8O2.C4H6O2.K/c1-4(2)5(6)7-3;1-3(2)4(5)6;/h1H2,2-3H3;1H2,2H3,(H,5,6);/q;;+1/p-1. The van der Waals surface area contributed by atoms with Gasteiger partial charge in [0.05, 0.1) is 13.1 Å². The van der Waals surface area contributed by atoms with Gasteiger partial charge < -0.3 is 14.6 Å². The van der Waals surface area contributed by atoms with Crippen LogP contribution < -0.4 is 56.5 Å². The zero-order valence-electron chi connectivity index (χ0n) is 9.05. The van der Waals surface area contributed by atoms with Gasteiger partial charge in [0.1, 0.15) is 0 Å². The number of carbonyl (C=O) groups excluding carboxylic acids is 2. The third-order valence-corrected chi connectivity index (χ3v) is 0.882. The van der Waals surface area contributed by atoms with E-state index in [4.69, 9.17) is 0 Å². The Hall–Kier alpha value is 0.0564. The molecule has 74 valence electrons. The van der Waals surface area contributed by atoms with Gasteiger partial charge in [-0.05, 0) is 19.4 Å². The molecule has 0 radical (unpaired) electrons. The van der Waals surface area contributed by atoms with Crippen molar-refractivity contribution in [2.75, 3.05) is 7.11 Å². The summed E-state index contributed by atoms with van der Waals surface area (Å²) >= 11 is 0. The molecule has 0 aliphatic rings. The Morgan fingerprint density at radius 2 is 1.43 bits per heavy atom. The Kier molecular flexibility index (Phi) is 15.6. The molecular formula is C9H13KO4. The van der Waals surface area contributed by atoms with E-state index >= 15 is 0 Å². The van der Waals surface area contributed by atoms with Crippen LogP contribution in [0.15, 0.2) is 24.3 Å². The molecule has 0 bridgehead atoms. The SMILES string of the molecule is C=C(C)C(=O)OC.C=C(C)C(=O)[O-].[K+]. The second-order valence-electron chi connectivity index (χ2n) is 2.34. The van der Waals surface area contributed by atoms with Crippen LogP contribution in [-0.4, -0.2) is 19.0 Å². The fraction of sp³-hybridized carbons (Fsp3) is 0.333. The molecule has 0 heterocycles. The minimum absolute atomic E-state index is 0. The average Bonchev–Trinajstić information content (AvgIpc) is 2.03. The number of ether oxygens (including phenoxy) is 1. The average molecular weight is 224 g/mol. The fourth-order valence-corrected chi connectivity index (χ4v) is 0.174. The van der Waals surface area contributed by atoms with E-state index in [1.807, 2.05) is 0 Å². The summed E-state index contributed by atoms with van der Waals surface area (Å²) < 4.78 is 4.27. The molecule has 0 aliphatic heterocycles. The van der Waals surface area contributed by atoms with Crippen molar-refractivity contribution in [3.05, 3.63) is 24.3 Å². The molecule has 0 unspecified atom stereocenters. The first-order chi connectivity index (χ1) is 5.82. The minimum atomic E-state index is -1.19. The molecule has 0 atom stereocenters. The van der Waals surface area contributed by atoms with Crippen molar-refractivity contribution in [1.29, 1.82) is 0 Å². The van der Waals surface area contributed by atoms with Gasteiger partial charge >= 0.3 is 57.4 Å². The zero-order valence-corrected chi connectivity index (χ0v) is 12.2. The molecule has 14 heavy (non-hydrogen) atoms. The van der Waals surface area contributed by atoms with Crippen molar-refractivity contribution < 1.29 is 70.8 Å². The van der Waals surface area contributed by atoms with E-state index in [0.717, 1.165) is 0 Å². The van der Waals surface area contributed by atoms with Crippen molar-refractivity contribution in [2.24, 2.45) is 0 Å². The quantitative estimate of drug-likeness (QED) is 0.286. The normalized spacial score (nSPS) is 7.07. The molecule has 0 spiro atoms. The zero-order chi connectivity index (χ0) is 11.0. The summed E-state index contributed by atoms with van der Waals surface area (Å²) in [6.07, 6.45) is 0. The number of carboxylic acid groups (broad SMARTS) is 1. The molecule has 0 aromatic heterocycles. The van der Waals surface area contributed by atoms with E-state index in [0.29, 0.717) is 5.57 Å². The van der Waals surface area contributed by atoms with Crippen LogP contribution in [0.25, 0.3) is 0 Å². The molecule has 0 aromatic carbocycles. The van der Waals surface area contributed by atoms with Gasteiger partial charge in [0.15, 0.2) is 0 Å². The Bertz CT molecular complexity index is 221. The Morgan fingerprint density at radius 1 is 1.14 bits per heavy atom. The number of carboxylic acids is 1. The monoisotopic (exact) mass is 224 g/mol. The van der Waals surface area contributed by atoms with Crippen molar-refractivity contribution >= 4 is 11.9 Å². The Morgan fingerprint density at radius 3 is 1.43 bits per heavy atom. The van der Waals surface area contributed by atoms with E-state index in [1.165, 1.54) is 14.0 Å². The van der Waals surface area contributed by atoms with Gasteiger partial charge in [-0.2, -0.15) is 0 Å². The van der Waals surface area contributed by atoms with Gasteiger partial charge in [-0.3, -0.25) is 0 Å². The van der Waals surface area contributed by atoms with Crippen molar-refractivity contribution in [1.82, 2.24) is 0 Å². The van der Waals surface area contributed by atoms with Crippen LogP contribution in [0.5, 0.6) is 0 Å². The maximum Gasteiger partial charge on any atom is 1.00 e. The number of carbonyl (C=O) groups is 2. The van der Waals surface area contributed by atoms with Gasteiger partial charge in [0.2, 0.25) is 0 Å². The molecule has 0 saturated carbocycles. The third-order valence-electron chi connectivity index (χ3n) is 0.882. The van der Waals surface area contributed by atoms with Crippen molar-refractivity contribution in [3.63, 3.8) is 0 Å². The number of methoxy groups -OCH3 is 1. The fourth-order valence-electron chi connectivity index (χ4n) is 0.174. The first-order valence-corrected chi connectivity index (χ1v) is 3.43. The van der Waals surface area contributed by atoms with E-state index in [2.05, 4.69) is 17.9 Å². The molecule has 0 N–H and O–H groups in total. The van der Waals surface area contributed by atoms with Crippen LogP contribution in [0, 0.1) is 0 Å². The number of hydrogen-bond donors (Lipinski definition) is 0. The minimum Gasteiger partial charge on any atom is -0.545 e. The van der Waals surface area contributed by atoms with Crippen LogP contribution in [0.2, 0.25) is 0 Å². The number of aliphatic carboxylic acids is 1.